The number of anilines is 3. The van der Waals surface area contributed by atoms with Crippen LogP contribution in [0.25, 0.3) is 0 Å². The molecule has 0 atom stereocenters. The van der Waals surface area contributed by atoms with Crippen LogP contribution in [0.1, 0.15) is 16.7 Å². The van der Waals surface area contributed by atoms with E-state index in [2.05, 4.69) is 0 Å². The third-order valence-electron chi connectivity index (χ3n) is 5.24. The van der Waals surface area contributed by atoms with Crippen molar-refractivity contribution in [1.82, 2.24) is 0 Å². The first-order valence-corrected chi connectivity index (χ1v) is 10.3. The first kappa shape index (κ1) is 21.1. The second-order valence-corrected chi connectivity index (χ2v) is 7.86. The van der Waals surface area contributed by atoms with Crippen LogP contribution in [-0.2, 0) is 0 Å². The molecule has 0 aliphatic carbocycles. The number of aryl methyl sites for hydroxylation is 3. The Balaban J connectivity index is 1.73. The van der Waals surface area contributed by atoms with E-state index < -0.39 is 0 Å². The van der Waals surface area contributed by atoms with Gasteiger partial charge in [-0.25, -0.2) is 0 Å². The van der Waals surface area contributed by atoms with Gasteiger partial charge in [-0.1, -0.05) is 12.1 Å². The van der Waals surface area contributed by atoms with E-state index in [0.717, 1.165) is 22.4 Å². The fraction of sp³-hybridized carbons (Fsp3) is 0.111. The average Bonchev–Trinajstić information content (AvgIpc) is 2.75. The molecule has 4 aromatic rings. The lowest BCUT2D eigenvalue weighted by atomic mass is 10.1. The molecule has 4 rings (SSSR count). The summed E-state index contributed by atoms with van der Waals surface area (Å²) in [6, 6.07) is 23.3. The van der Waals surface area contributed by atoms with Gasteiger partial charge in [0.05, 0.1) is 11.4 Å². The molecule has 0 amide bonds. The van der Waals surface area contributed by atoms with E-state index in [1.807, 2.05) is 69.3 Å². The molecule has 0 saturated heterocycles. The zero-order chi connectivity index (χ0) is 22.8. The molecule has 0 spiro atoms. The predicted molar refractivity (Wildman–Crippen MR) is 127 cm³/mol. The van der Waals surface area contributed by atoms with Gasteiger partial charge < -0.3 is 25.0 Å². The number of hydrogen-bond donors (Lipinski definition) is 3. The maximum absolute atomic E-state index is 10.7. The summed E-state index contributed by atoms with van der Waals surface area (Å²) >= 11 is 0. The van der Waals surface area contributed by atoms with E-state index in [0.29, 0.717) is 22.9 Å². The molecule has 162 valence electrons. The Labute approximate surface area is 187 Å². The summed E-state index contributed by atoms with van der Waals surface area (Å²) in [7, 11) is 0. The molecular formula is C27H25NO4. The van der Waals surface area contributed by atoms with Gasteiger partial charge in [-0.05, 0) is 104 Å². The summed E-state index contributed by atoms with van der Waals surface area (Å²) in [4.78, 5) is 1.80. The minimum absolute atomic E-state index is 0.116. The van der Waals surface area contributed by atoms with E-state index in [1.165, 1.54) is 0 Å². The smallest absolute Gasteiger partial charge is 0.139 e. The maximum Gasteiger partial charge on any atom is 0.139 e. The molecule has 0 fully saturated rings. The Hall–Kier alpha value is -4.12. The lowest BCUT2D eigenvalue weighted by Crippen LogP contribution is -2.10. The van der Waals surface area contributed by atoms with Crippen molar-refractivity contribution < 1.29 is 20.1 Å². The van der Waals surface area contributed by atoms with Crippen molar-refractivity contribution in [2.75, 3.05) is 4.90 Å². The molecule has 0 saturated carbocycles. The third kappa shape index (κ3) is 4.32. The first-order valence-electron chi connectivity index (χ1n) is 10.3. The van der Waals surface area contributed by atoms with E-state index in [9.17, 15) is 15.3 Å². The minimum atomic E-state index is 0.116. The van der Waals surface area contributed by atoms with Gasteiger partial charge in [0.25, 0.3) is 0 Å². The number of nitrogens with zero attached hydrogens (tertiary/aromatic N) is 1. The summed E-state index contributed by atoms with van der Waals surface area (Å²) < 4.78 is 5.91. The van der Waals surface area contributed by atoms with Gasteiger partial charge in [0, 0.05) is 5.69 Å². The monoisotopic (exact) mass is 427 g/mol. The number of phenols is 3. The van der Waals surface area contributed by atoms with Crippen molar-refractivity contribution in [2.45, 2.75) is 20.8 Å². The van der Waals surface area contributed by atoms with Gasteiger partial charge in [0.15, 0.2) is 0 Å². The molecule has 0 bridgehead atoms. The van der Waals surface area contributed by atoms with Crippen LogP contribution in [0.4, 0.5) is 17.1 Å². The third-order valence-corrected chi connectivity index (χ3v) is 5.24. The molecule has 0 heterocycles. The standard InChI is InChI=1S/C27H25NO4/c1-17-4-11-23(26(30)14-17)28(24-12-5-18(2)15-27(24)31)20-6-8-21(9-7-20)32-22-10-13-25(29)19(3)16-22/h4-16,29-31H,1-3H3. The van der Waals surface area contributed by atoms with Gasteiger partial charge in [0.1, 0.15) is 28.7 Å². The molecule has 4 aromatic carbocycles. The lowest BCUT2D eigenvalue weighted by Gasteiger charge is -2.27. The normalized spacial score (nSPS) is 10.7. The number of hydrogen-bond acceptors (Lipinski definition) is 5. The largest absolute Gasteiger partial charge is 0.508 e. The Bertz CT molecular complexity index is 1210. The van der Waals surface area contributed by atoms with E-state index in [4.69, 9.17) is 4.74 Å². The van der Waals surface area contributed by atoms with Gasteiger partial charge >= 0.3 is 0 Å². The second-order valence-electron chi connectivity index (χ2n) is 7.86. The van der Waals surface area contributed by atoms with E-state index in [1.54, 1.807) is 35.2 Å². The Morgan fingerprint density at radius 2 is 1.09 bits per heavy atom. The number of benzene rings is 4. The first-order chi connectivity index (χ1) is 15.3. The van der Waals surface area contributed by atoms with Crippen molar-refractivity contribution in [3.8, 4) is 28.7 Å². The Morgan fingerprint density at radius 1 is 0.562 bits per heavy atom. The van der Waals surface area contributed by atoms with Crippen LogP contribution in [0.5, 0.6) is 28.7 Å². The van der Waals surface area contributed by atoms with Crippen molar-refractivity contribution in [3.63, 3.8) is 0 Å². The summed E-state index contributed by atoms with van der Waals surface area (Å²) in [5.74, 6) is 1.70. The fourth-order valence-corrected chi connectivity index (χ4v) is 3.54. The quantitative estimate of drug-likeness (QED) is 0.320. The second kappa shape index (κ2) is 8.55. The molecule has 3 N–H and O–H groups in total. The van der Waals surface area contributed by atoms with Gasteiger partial charge in [-0.2, -0.15) is 0 Å². The van der Waals surface area contributed by atoms with Crippen molar-refractivity contribution in [1.29, 1.82) is 0 Å². The Morgan fingerprint density at radius 3 is 1.59 bits per heavy atom. The van der Waals surface area contributed by atoms with E-state index >= 15 is 0 Å². The van der Waals surface area contributed by atoms with E-state index in [-0.39, 0.29) is 17.2 Å². The molecule has 32 heavy (non-hydrogen) atoms. The summed E-state index contributed by atoms with van der Waals surface area (Å²) in [6.45, 7) is 5.63. The van der Waals surface area contributed by atoms with Gasteiger partial charge in [-0.3, -0.25) is 0 Å². The van der Waals surface area contributed by atoms with Crippen LogP contribution in [0, 0.1) is 20.8 Å². The minimum Gasteiger partial charge on any atom is -0.508 e. The van der Waals surface area contributed by atoms with Crippen LogP contribution in [0.2, 0.25) is 0 Å². The lowest BCUT2D eigenvalue weighted by molar-refractivity contribution is 0.460. The van der Waals surface area contributed by atoms with Crippen LogP contribution in [0.15, 0.2) is 78.9 Å². The van der Waals surface area contributed by atoms with Crippen molar-refractivity contribution >= 4 is 17.1 Å². The zero-order valence-electron chi connectivity index (χ0n) is 18.2. The molecule has 5 heteroatoms. The molecule has 0 aliphatic heterocycles. The zero-order valence-corrected chi connectivity index (χ0v) is 18.2. The SMILES string of the molecule is Cc1ccc(N(c2ccc(Oc3ccc(O)c(C)c3)cc2)c2ccc(C)cc2O)c(O)c1. The highest BCUT2D eigenvalue weighted by molar-refractivity contribution is 5.83. The number of rotatable bonds is 5. The topological polar surface area (TPSA) is 73.2 Å². The predicted octanol–water partition coefficient (Wildman–Crippen LogP) is 6.99. The van der Waals surface area contributed by atoms with Gasteiger partial charge in [-0.15, -0.1) is 0 Å². The van der Waals surface area contributed by atoms with Crippen LogP contribution < -0.4 is 9.64 Å². The molecular weight excluding hydrogens is 402 g/mol. The van der Waals surface area contributed by atoms with Crippen molar-refractivity contribution in [3.05, 3.63) is 95.6 Å². The number of phenolic OH excluding ortho intramolecular Hbond substituents is 3. The number of aromatic hydroxyl groups is 3. The van der Waals surface area contributed by atoms with Gasteiger partial charge in [0.2, 0.25) is 0 Å². The molecule has 0 aromatic heterocycles. The van der Waals surface area contributed by atoms with Crippen LogP contribution >= 0.6 is 0 Å². The highest BCUT2D eigenvalue weighted by Crippen LogP contribution is 2.44. The summed E-state index contributed by atoms with van der Waals surface area (Å²) in [6.07, 6.45) is 0. The molecule has 5 nitrogen and oxygen atoms in total. The summed E-state index contributed by atoms with van der Waals surface area (Å²) in [5.41, 5.74) is 4.46. The van der Waals surface area contributed by atoms with Crippen LogP contribution in [-0.4, -0.2) is 15.3 Å². The summed E-state index contributed by atoms with van der Waals surface area (Å²) in [5, 5.41) is 31.0. The molecule has 0 unspecified atom stereocenters. The highest BCUT2D eigenvalue weighted by atomic mass is 16.5. The fourth-order valence-electron chi connectivity index (χ4n) is 3.54. The van der Waals surface area contributed by atoms with Crippen LogP contribution in [0.3, 0.4) is 0 Å². The number of ether oxygens (including phenoxy) is 1. The average molecular weight is 428 g/mol. The highest BCUT2D eigenvalue weighted by Gasteiger charge is 2.19. The molecule has 0 radical (unpaired) electrons. The van der Waals surface area contributed by atoms with Crippen molar-refractivity contribution in [2.24, 2.45) is 0 Å². The molecule has 0 aliphatic rings. The maximum atomic E-state index is 10.7. The Kier molecular flexibility index (Phi) is 5.65.